The summed E-state index contributed by atoms with van der Waals surface area (Å²) in [7, 11) is 0. The molecule has 2 nitrogen and oxygen atoms in total. The zero-order valence-corrected chi connectivity index (χ0v) is 12.0. The van der Waals surface area contributed by atoms with E-state index in [4.69, 9.17) is 4.74 Å². The van der Waals surface area contributed by atoms with Crippen molar-refractivity contribution in [3.05, 3.63) is 11.8 Å². The number of rotatable bonds is 1. The third kappa shape index (κ3) is 1.66. The van der Waals surface area contributed by atoms with Crippen LogP contribution in [-0.4, -0.2) is 41.3 Å². The van der Waals surface area contributed by atoms with Crippen LogP contribution in [0.3, 0.4) is 0 Å². The van der Waals surface area contributed by atoms with E-state index in [1.807, 2.05) is 0 Å². The van der Waals surface area contributed by atoms with Crippen molar-refractivity contribution in [1.82, 2.24) is 0 Å². The number of hydrogen-bond acceptors (Lipinski definition) is 1. The van der Waals surface area contributed by atoms with E-state index in [0.29, 0.717) is 0 Å². The summed E-state index contributed by atoms with van der Waals surface area (Å²) in [5.41, 5.74) is 1.79. The monoisotopic (exact) mass is 334 g/mol. The number of quaternary nitrogens is 1. The minimum atomic E-state index is 0.874. The van der Waals surface area contributed by atoms with E-state index in [9.17, 15) is 0 Å². The summed E-state index contributed by atoms with van der Waals surface area (Å²) in [6, 6.07) is 0.874. The molecule has 2 heterocycles. The number of allylic oxidation sites excluding steroid dienone is 2. The third-order valence-corrected chi connectivity index (χ3v) is 5.76. The van der Waals surface area contributed by atoms with E-state index < -0.39 is 0 Å². The second kappa shape index (κ2) is 4.58. The predicted molar refractivity (Wildman–Crippen MR) is 73.5 cm³/mol. The lowest BCUT2D eigenvalue weighted by Crippen LogP contribution is -2.57. The quantitative estimate of drug-likeness (QED) is 0.407. The Morgan fingerprint density at radius 3 is 2.94 bits per heavy atom. The lowest BCUT2D eigenvalue weighted by molar-refractivity contribution is -0.912. The van der Waals surface area contributed by atoms with E-state index >= 15 is 0 Å². The molecule has 2 aliphatic heterocycles. The van der Waals surface area contributed by atoms with Gasteiger partial charge in [-0.15, -0.1) is 0 Å². The maximum absolute atomic E-state index is 5.58. The smallest absolute Gasteiger partial charge is 0.108 e. The molecular formula is C13H21INO+. The van der Waals surface area contributed by atoms with Gasteiger partial charge in [-0.3, -0.25) is 4.48 Å². The number of halogens is 1. The molecule has 2 saturated heterocycles. The van der Waals surface area contributed by atoms with Gasteiger partial charge < -0.3 is 4.74 Å². The number of alkyl halides is 1. The Labute approximate surface area is 112 Å². The molecule has 16 heavy (non-hydrogen) atoms. The largest absolute Gasteiger partial charge is 0.370 e. The Morgan fingerprint density at radius 2 is 2.19 bits per heavy atom. The topological polar surface area (TPSA) is 9.23 Å². The fourth-order valence-electron chi connectivity index (χ4n) is 3.94. The molecule has 1 aliphatic carbocycles. The van der Waals surface area contributed by atoms with Crippen molar-refractivity contribution in [3.63, 3.8) is 0 Å². The normalized spacial score (nSPS) is 37.2. The average Bonchev–Trinajstić information content (AvgIpc) is 2.65. The van der Waals surface area contributed by atoms with Crippen molar-refractivity contribution in [1.29, 1.82) is 0 Å². The molecule has 0 radical (unpaired) electrons. The number of morpholine rings is 1. The second-order valence-electron chi connectivity index (χ2n) is 5.39. The third-order valence-electron chi connectivity index (χ3n) is 4.75. The van der Waals surface area contributed by atoms with Crippen molar-refractivity contribution >= 4 is 22.6 Å². The van der Waals surface area contributed by atoms with Crippen LogP contribution in [0.1, 0.15) is 25.7 Å². The highest BCUT2D eigenvalue weighted by Gasteiger charge is 2.51. The molecule has 3 rings (SSSR count). The van der Waals surface area contributed by atoms with E-state index in [1.54, 1.807) is 5.70 Å². The lowest BCUT2D eigenvalue weighted by Gasteiger charge is -2.43. The fraction of sp³-hybridized carbons (Fsp3) is 0.846. The summed E-state index contributed by atoms with van der Waals surface area (Å²) in [6.45, 7) is 4.40. The summed E-state index contributed by atoms with van der Waals surface area (Å²) in [4.78, 5) is 0. The molecule has 2 unspecified atom stereocenters. The molecule has 0 aromatic heterocycles. The Balaban J connectivity index is 1.94. The van der Waals surface area contributed by atoms with Crippen LogP contribution >= 0.6 is 22.6 Å². The first kappa shape index (κ1) is 11.5. The zero-order chi connectivity index (χ0) is 11.0. The SMILES string of the molecule is ICC1CC2CCCC=C2[N+]12CCOCC2. The van der Waals surface area contributed by atoms with Crippen molar-refractivity contribution in [2.45, 2.75) is 31.7 Å². The van der Waals surface area contributed by atoms with Gasteiger partial charge >= 0.3 is 0 Å². The summed E-state index contributed by atoms with van der Waals surface area (Å²) in [5, 5.41) is 0. The molecule has 0 aromatic carbocycles. The Kier molecular flexibility index (Phi) is 3.28. The van der Waals surface area contributed by atoms with Crippen LogP contribution in [-0.2, 0) is 4.74 Å². The molecule has 0 aromatic rings. The predicted octanol–water partition coefficient (Wildman–Crippen LogP) is 2.72. The van der Waals surface area contributed by atoms with Crippen LogP contribution < -0.4 is 0 Å². The van der Waals surface area contributed by atoms with Gasteiger partial charge in [0.25, 0.3) is 0 Å². The number of nitrogens with zero attached hydrogens (tertiary/aromatic N) is 1. The molecule has 3 heteroatoms. The van der Waals surface area contributed by atoms with Crippen molar-refractivity contribution in [2.24, 2.45) is 5.92 Å². The molecule has 1 spiro atoms. The highest BCUT2D eigenvalue weighted by atomic mass is 127. The molecule has 0 bridgehead atoms. The average molecular weight is 334 g/mol. The summed E-state index contributed by atoms with van der Waals surface area (Å²) in [5.74, 6) is 0.909. The standard InChI is InChI=1S/C13H21INO/c14-10-12-9-11-3-1-2-4-13(11)15(12)5-7-16-8-6-15/h4,11-12H,1-3,5-10H2/q+1. The molecule has 90 valence electrons. The fourth-order valence-corrected chi connectivity index (χ4v) is 5.05. The first-order valence-corrected chi connectivity index (χ1v) is 8.10. The van der Waals surface area contributed by atoms with E-state index in [1.165, 1.54) is 47.7 Å². The van der Waals surface area contributed by atoms with Gasteiger partial charge in [0.2, 0.25) is 0 Å². The van der Waals surface area contributed by atoms with Gasteiger partial charge in [-0.1, -0.05) is 22.6 Å². The molecule has 0 N–H and O–H groups in total. The highest BCUT2D eigenvalue weighted by Crippen LogP contribution is 2.46. The summed E-state index contributed by atoms with van der Waals surface area (Å²) < 4.78 is 8.19. The van der Waals surface area contributed by atoms with Crippen LogP contribution in [0.5, 0.6) is 0 Å². The first-order valence-electron chi connectivity index (χ1n) is 6.58. The van der Waals surface area contributed by atoms with E-state index in [0.717, 1.165) is 25.2 Å². The molecule has 2 fully saturated rings. The summed E-state index contributed by atoms with van der Waals surface area (Å²) >= 11 is 2.59. The molecule has 0 amide bonds. The van der Waals surface area contributed by atoms with Crippen LogP contribution in [0.4, 0.5) is 0 Å². The van der Waals surface area contributed by atoms with E-state index in [-0.39, 0.29) is 0 Å². The van der Waals surface area contributed by atoms with Crippen LogP contribution in [0, 0.1) is 5.92 Å². The van der Waals surface area contributed by atoms with Crippen molar-refractivity contribution in [2.75, 3.05) is 30.7 Å². The second-order valence-corrected chi connectivity index (χ2v) is 6.28. The first-order chi connectivity index (χ1) is 7.87. The number of ether oxygens (including phenoxy) is 1. The molecule has 2 atom stereocenters. The van der Waals surface area contributed by atoms with Crippen LogP contribution in [0.2, 0.25) is 0 Å². The van der Waals surface area contributed by atoms with Gasteiger partial charge in [-0.25, -0.2) is 0 Å². The Morgan fingerprint density at radius 1 is 1.38 bits per heavy atom. The van der Waals surface area contributed by atoms with Crippen molar-refractivity contribution in [3.8, 4) is 0 Å². The molecule has 0 saturated carbocycles. The van der Waals surface area contributed by atoms with Gasteiger partial charge in [-0.05, 0) is 25.3 Å². The minimum absolute atomic E-state index is 0.874. The van der Waals surface area contributed by atoms with Gasteiger partial charge in [0.1, 0.15) is 24.8 Å². The molecule has 3 aliphatic rings. The van der Waals surface area contributed by atoms with Crippen LogP contribution in [0.25, 0.3) is 0 Å². The Bertz CT molecular complexity index is 296. The maximum atomic E-state index is 5.58. The van der Waals surface area contributed by atoms with Gasteiger partial charge in [0.05, 0.1) is 17.6 Å². The molecular weight excluding hydrogens is 313 g/mol. The van der Waals surface area contributed by atoms with Gasteiger partial charge in [0.15, 0.2) is 0 Å². The number of hydrogen-bond donors (Lipinski definition) is 0. The maximum Gasteiger partial charge on any atom is 0.108 e. The number of fused-ring (bicyclic) bond motifs is 2. The lowest BCUT2D eigenvalue weighted by atomic mass is 9.91. The van der Waals surface area contributed by atoms with Gasteiger partial charge in [0, 0.05) is 12.3 Å². The Hall–Kier alpha value is 0.390. The van der Waals surface area contributed by atoms with E-state index in [2.05, 4.69) is 28.7 Å². The highest BCUT2D eigenvalue weighted by molar-refractivity contribution is 14.1. The van der Waals surface area contributed by atoms with Gasteiger partial charge in [-0.2, -0.15) is 0 Å². The summed E-state index contributed by atoms with van der Waals surface area (Å²) in [6.07, 6.45) is 8.19. The zero-order valence-electron chi connectivity index (χ0n) is 9.83. The van der Waals surface area contributed by atoms with Crippen molar-refractivity contribution < 1.29 is 9.22 Å². The minimum Gasteiger partial charge on any atom is -0.370 e. The van der Waals surface area contributed by atoms with Crippen LogP contribution in [0.15, 0.2) is 11.8 Å².